The first-order valence-electron chi connectivity index (χ1n) is 3.06. The third kappa shape index (κ3) is 4.86. The molecule has 12 heavy (non-hydrogen) atoms. The van der Waals surface area contributed by atoms with Crippen molar-refractivity contribution in [3.05, 3.63) is 12.8 Å². The molecule has 0 N–H and O–H groups in total. The van der Waals surface area contributed by atoms with Gasteiger partial charge in [0.05, 0.1) is 12.5 Å². The van der Waals surface area contributed by atoms with Crippen LogP contribution in [0.2, 0.25) is 0 Å². The Morgan fingerprint density at radius 2 is 2.08 bits per heavy atom. The molecule has 0 aliphatic rings. The van der Waals surface area contributed by atoms with E-state index in [0.717, 1.165) is 12.5 Å². The van der Waals surface area contributed by atoms with E-state index in [0.29, 0.717) is 0 Å². The molecule has 70 valence electrons. The predicted molar refractivity (Wildman–Crippen MR) is 41.7 cm³/mol. The number of hydrogen-bond acceptors (Lipinski definition) is 5. The van der Waals surface area contributed by atoms with Crippen LogP contribution in [0.5, 0.6) is 0 Å². The zero-order chi connectivity index (χ0) is 9.78. The summed E-state index contributed by atoms with van der Waals surface area (Å²) in [6, 6.07) is 0. The van der Waals surface area contributed by atoms with Crippen LogP contribution in [0, 0.1) is 0 Å². The zero-order valence-electron chi connectivity index (χ0n) is 6.81. The molecule has 0 aliphatic carbocycles. The van der Waals surface area contributed by atoms with Gasteiger partial charge >= 0.3 is 5.97 Å². The summed E-state index contributed by atoms with van der Waals surface area (Å²) in [4.78, 5) is 10.7. The predicted octanol–water partition coefficient (Wildman–Crippen LogP) is 0.0378. The van der Waals surface area contributed by atoms with Gasteiger partial charge in [-0.2, -0.15) is 8.42 Å². The summed E-state index contributed by atoms with van der Waals surface area (Å²) in [5.41, 5.74) is 0. The quantitative estimate of drug-likeness (QED) is 0.359. The van der Waals surface area contributed by atoms with Gasteiger partial charge in [-0.05, 0) is 6.92 Å². The lowest BCUT2D eigenvalue weighted by molar-refractivity contribution is -0.145. The molecule has 0 aliphatic heterocycles. The highest BCUT2D eigenvalue weighted by atomic mass is 32.2. The van der Waals surface area contributed by atoms with Gasteiger partial charge in [-0.25, -0.2) is 4.79 Å². The molecule has 0 aromatic rings. The lowest BCUT2D eigenvalue weighted by Crippen LogP contribution is -2.24. The van der Waals surface area contributed by atoms with E-state index in [2.05, 4.69) is 15.5 Å². The molecule has 1 atom stereocenters. The average molecular weight is 194 g/mol. The van der Waals surface area contributed by atoms with E-state index in [-0.39, 0.29) is 0 Å². The lowest BCUT2D eigenvalue weighted by atomic mass is 10.4. The molecule has 0 amide bonds. The van der Waals surface area contributed by atoms with E-state index in [4.69, 9.17) is 0 Å². The molecule has 0 saturated carbocycles. The number of rotatable bonds is 4. The van der Waals surface area contributed by atoms with E-state index >= 15 is 0 Å². The summed E-state index contributed by atoms with van der Waals surface area (Å²) in [7, 11) is -3.62. The van der Waals surface area contributed by atoms with Crippen molar-refractivity contribution in [2.45, 2.75) is 13.0 Å². The zero-order valence-corrected chi connectivity index (χ0v) is 7.63. The van der Waals surface area contributed by atoms with Gasteiger partial charge in [0.15, 0.2) is 6.10 Å². The first kappa shape index (κ1) is 11.1. The van der Waals surface area contributed by atoms with E-state index in [1.807, 2.05) is 0 Å². The smallest absolute Gasteiger partial charge is 0.341 e. The topological polar surface area (TPSA) is 69.7 Å². The Morgan fingerprint density at radius 1 is 1.58 bits per heavy atom. The Kier molecular flexibility index (Phi) is 3.91. The molecule has 0 rings (SSSR count). The van der Waals surface area contributed by atoms with Crippen LogP contribution in [-0.4, -0.2) is 26.7 Å². The van der Waals surface area contributed by atoms with Crippen molar-refractivity contribution in [2.24, 2.45) is 0 Å². The second kappa shape index (κ2) is 4.22. The molecule has 0 bridgehead atoms. The molecule has 0 aromatic heterocycles. The highest BCUT2D eigenvalue weighted by molar-refractivity contribution is 7.86. The van der Waals surface area contributed by atoms with Crippen molar-refractivity contribution in [2.75, 3.05) is 6.26 Å². The van der Waals surface area contributed by atoms with E-state index in [1.54, 1.807) is 0 Å². The minimum absolute atomic E-state index is 0.796. The van der Waals surface area contributed by atoms with Gasteiger partial charge < -0.3 is 4.74 Å². The van der Waals surface area contributed by atoms with Crippen molar-refractivity contribution < 1.29 is 22.1 Å². The minimum atomic E-state index is -3.62. The van der Waals surface area contributed by atoms with Crippen LogP contribution in [0.1, 0.15) is 6.92 Å². The van der Waals surface area contributed by atoms with Gasteiger partial charge in [-0.1, -0.05) is 6.58 Å². The maximum Gasteiger partial charge on any atom is 0.341 e. The Hall–Kier alpha value is -0.880. The van der Waals surface area contributed by atoms with Gasteiger partial charge in [0.1, 0.15) is 0 Å². The van der Waals surface area contributed by atoms with Crippen molar-refractivity contribution >= 4 is 16.1 Å². The van der Waals surface area contributed by atoms with E-state index < -0.39 is 22.2 Å². The van der Waals surface area contributed by atoms with E-state index in [9.17, 15) is 13.2 Å². The third-order valence-electron chi connectivity index (χ3n) is 0.851. The van der Waals surface area contributed by atoms with Crippen LogP contribution < -0.4 is 0 Å². The molecule has 0 spiro atoms. The number of carbonyl (C=O) groups is 1. The first-order valence-corrected chi connectivity index (χ1v) is 4.88. The number of hydrogen-bond donors (Lipinski definition) is 0. The normalized spacial score (nSPS) is 13.5. The molecule has 0 saturated heterocycles. The maximum absolute atomic E-state index is 10.7. The van der Waals surface area contributed by atoms with Gasteiger partial charge in [0, 0.05) is 0 Å². The molecule has 0 radical (unpaired) electrons. The molecule has 0 fully saturated rings. The molecule has 1 unspecified atom stereocenters. The second-order valence-corrected chi connectivity index (χ2v) is 3.65. The van der Waals surface area contributed by atoms with Gasteiger partial charge in [-0.3, -0.25) is 4.18 Å². The van der Waals surface area contributed by atoms with Crippen LogP contribution in [0.4, 0.5) is 0 Å². The van der Waals surface area contributed by atoms with Crippen molar-refractivity contribution in [1.29, 1.82) is 0 Å². The Balaban J connectivity index is 4.13. The monoisotopic (exact) mass is 194 g/mol. The fourth-order valence-corrected chi connectivity index (χ4v) is 1.08. The third-order valence-corrected chi connectivity index (χ3v) is 1.49. The molecular formula is C6H10O5S. The summed E-state index contributed by atoms with van der Waals surface area (Å²) in [6.45, 7) is 4.40. The van der Waals surface area contributed by atoms with Crippen molar-refractivity contribution in [1.82, 2.24) is 0 Å². The van der Waals surface area contributed by atoms with Gasteiger partial charge in [0.2, 0.25) is 0 Å². The van der Waals surface area contributed by atoms with Crippen LogP contribution in [0.15, 0.2) is 12.8 Å². The summed E-state index contributed by atoms with van der Waals surface area (Å²) in [5, 5.41) is 0. The number of ether oxygens (including phenoxy) is 1. The largest absolute Gasteiger partial charge is 0.433 e. The Bertz CT molecular complexity index is 266. The summed E-state index contributed by atoms with van der Waals surface area (Å²) < 4.78 is 29.6. The molecule has 6 heteroatoms. The fourth-order valence-electron chi connectivity index (χ4n) is 0.479. The van der Waals surface area contributed by atoms with Crippen LogP contribution in [-0.2, 0) is 23.8 Å². The maximum atomic E-state index is 10.7. The van der Waals surface area contributed by atoms with Gasteiger partial charge in [0.25, 0.3) is 10.1 Å². The Labute approximate surface area is 71.1 Å². The summed E-state index contributed by atoms with van der Waals surface area (Å²) >= 11 is 0. The fraction of sp³-hybridized carbons (Fsp3) is 0.500. The molecular weight excluding hydrogens is 184 g/mol. The van der Waals surface area contributed by atoms with Crippen molar-refractivity contribution in [3.63, 3.8) is 0 Å². The number of carbonyl (C=O) groups excluding carboxylic acids is 1. The highest BCUT2D eigenvalue weighted by Crippen LogP contribution is 1.99. The first-order chi connectivity index (χ1) is 5.37. The minimum Gasteiger partial charge on any atom is -0.433 e. The standard InChI is InChI=1S/C6H10O5S/c1-4-10-6(7)5(2)11-12(3,8)9/h4-5H,1H2,2-3H3. The summed E-state index contributed by atoms with van der Waals surface area (Å²) in [5.74, 6) is -0.796. The second-order valence-electron chi connectivity index (χ2n) is 2.05. The van der Waals surface area contributed by atoms with Crippen LogP contribution in [0.25, 0.3) is 0 Å². The number of esters is 1. The molecule has 0 aromatic carbocycles. The SMILES string of the molecule is C=COC(=O)C(C)OS(C)(=O)=O. The Morgan fingerprint density at radius 3 is 2.42 bits per heavy atom. The van der Waals surface area contributed by atoms with Crippen LogP contribution >= 0.6 is 0 Å². The highest BCUT2D eigenvalue weighted by Gasteiger charge is 2.19. The van der Waals surface area contributed by atoms with Crippen LogP contribution in [0.3, 0.4) is 0 Å². The summed E-state index contributed by atoms with van der Waals surface area (Å²) in [6.07, 6.45) is 0.618. The average Bonchev–Trinajstić information content (AvgIpc) is 1.84. The van der Waals surface area contributed by atoms with E-state index in [1.165, 1.54) is 6.92 Å². The van der Waals surface area contributed by atoms with Gasteiger partial charge in [-0.15, -0.1) is 0 Å². The lowest BCUT2D eigenvalue weighted by Gasteiger charge is -2.07. The van der Waals surface area contributed by atoms with Crippen molar-refractivity contribution in [3.8, 4) is 0 Å². The molecule has 0 heterocycles. The molecule has 5 nitrogen and oxygen atoms in total.